The molecule has 7 nitrogen and oxygen atoms in total. The Morgan fingerprint density at radius 2 is 1.48 bits per heavy atom. The van der Waals surface area contributed by atoms with E-state index in [-0.39, 0.29) is 16.9 Å². The summed E-state index contributed by atoms with van der Waals surface area (Å²) in [5.74, 6) is -0.968. The molecular weight excluding hydrogens is 438 g/mol. The van der Waals surface area contributed by atoms with Gasteiger partial charge in [-0.25, -0.2) is 8.42 Å². The van der Waals surface area contributed by atoms with Crippen LogP contribution in [0.25, 0.3) is 0 Å². The first-order valence-electron chi connectivity index (χ1n) is 9.25. The van der Waals surface area contributed by atoms with Gasteiger partial charge in [-0.15, -0.1) is 0 Å². The van der Waals surface area contributed by atoms with Crippen molar-refractivity contribution in [1.29, 1.82) is 0 Å². The molecule has 0 aliphatic carbocycles. The standard InChI is InChI=1S/C22H20ClN3O4S/c1-26(19-5-3-2-4-6-19)31(29,30)20-13-9-17(10-14-20)22(28)25-24-21(27)15-16-7-11-18(23)12-8-16/h2-14H,15H2,1H3,(H,24,27)(H,25,28). The van der Waals surface area contributed by atoms with Crippen LogP contribution in [0.15, 0.2) is 83.8 Å². The van der Waals surface area contributed by atoms with E-state index in [1.807, 2.05) is 0 Å². The molecule has 0 saturated heterocycles. The Kier molecular flexibility index (Phi) is 6.94. The molecule has 0 saturated carbocycles. The maximum Gasteiger partial charge on any atom is 0.269 e. The average molecular weight is 458 g/mol. The van der Waals surface area contributed by atoms with Crippen molar-refractivity contribution in [3.05, 3.63) is 95.0 Å². The summed E-state index contributed by atoms with van der Waals surface area (Å²) in [6.45, 7) is 0. The number of rotatable bonds is 6. The summed E-state index contributed by atoms with van der Waals surface area (Å²) in [4.78, 5) is 24.3. The molecule has 9 heteroatoms. The normalized spacial score (nSPS) is 10.9. The number of hydrazine groups is 1. The van der Waals surface area contributed by atoms with Crippen LogP contribution < -0.4 is 15.2 Å². The lowest BCUT2D eigenvalue weighted by atomic mass is 10.1. The third kappa shape index (κ3) is 5.62. The number of hydrogen-bond donors (Lipinski definition) is 2. The zero-order valence-corrected chi connectivity index (χ0v) is 18.2. The van der Waals surface area contributed by atoms with Crippen LogP contribution in [0.3, 0.4) is 0 Å². The predicted molar refractivity (Wildman–Crippen MR) is 119 cm³/mol. The number of carbonyl (C=O) groups excluding carboxylic acids is 2. The van der Waals surface area contributed by atoms with Crippen LogP contribution in [0.4, 0.5) is 5.69 Å². The number of nitrogens with zero attached hydrogens (tertiary/aromatic N) is 1. The molecule has 0 aliphatic rings. The number of sulfonamides is 1. The fraction of sp³-hybridized carbons (Fsp3) is 0.0909. The number of amides is 2. The Hall–Kier alpha value is -3.36. The minimum absolute atomic E-state index is 0.0437. The molecule has 0 bridgehead atoms. The maximum atomic E-state index is 12.8. The molecule has 0 spiro atoms. The van der Waals surface area contributed by atoms with E-state index < -0.39 is 21.8 Å². The summed E-state index contributed by atoms with van der Waals surface area (Å²) in [5, 5.41) is 0.567. The number of benzene rings is 3. The molecule has 0 radical (unpaired) electrons. The summed E-state index contributed by atoms with van der Waals surface area (Å²) >= 11 is 5.81. The van der Waals surface area contributed by atoms with Gasteiger partial charge in [0.15, 0.2) is 0 Å². The lowest BCUT2D eigenvalue weighted by molar-refractivity contribution is -0.121. The summed E-state index contributed by atoms with van der Waals surface area (Å²) < 4.78 is 26.7. The highest BCUT2D eigenvalue weighted by molar-refractivity contribution is 7.92. The number of anilines is 1. The molecule has 0 unspecified atom stereocenters. The van der Waals surface area contributed by atoms with Gasteiger partial charge in [-0.1, -0.05) is 41.9 Å². The fourth-order valence-electron chi connectivity index (χ4n) is 2.74. The van der Waals surface area contributed by atoms with Crippen molar-refractivity contribution in [3.8, 4) is 0 Å². The van der Waals surface area contributed by atoms with Crippen molar-refractivity contribution in [2.24, 2.45) is 0 Å². The molecule has 0 aliphatic heterocycles. The van der Waals surface area contributed by atoms with E-state index in [0.717, 1.165) is 5.56 Å². The minimum atomic E-state index is -3.78. The highest BCUT2D eigenvalue weighted by Gasteiger charge is 2.21. The first kappa shape index (κ1) is 22.3. The Bertz CT molecular complexity index is 1170. The van der Waals surface area contributed by atoms with E-state index in [1.54, 1.807) is 54.6 Å². The van der Waals surface area contributed by atoms with E-state index in [1.165, 1.54) is 35.6 Å². The van der Waals surface area contributed by atoms with Crippen LogP contribution >= 0.6 is 11.6 Å². The van der Waals surface area contributed by atoms with Crippen molar-refractivity contribution in [2.45, 2.75) is 11.3 Å². The molecule has 0 atom stereocenters. The average Bonchev–Trinajstić information content (AvgIpc) is 2.79. The second-order valence-electron chi connectivity index (χ2n) is 6.64. The number of halogens is 1. The molecule has 31 heavy (non-hydrogen) atoms. The third-order valence-corrected chi connectivity index (χ3v) is 6.54. The van der Waals surface area contributed by atoms with E-state index in [4.69, 9.17) is 11.6 Å². The fourth-order valence-corrected chi connectivity index (χ4v) is 4.07. The maximum absolute atomic E-state index is 12.8. The van der Waals surface area contributed by atoms with E-state index in [9.17, 15) is 18.0 Å². The number of nitrogens with one attached hydrogen (secondary N) is 2. The van der Waals surface area contributed by atoms with Gasteiger partial charge in [-0.2, -0.15) is 0 Å². The smallest absolute Gasteiger partial charge is 0.269 e. The summed E-state index contributed by atoms with van der Waals surface area (Å²) in [6.07, 6.45) is 0.0699. The Morgan fingerprint density at radius 1 is 0.871 bits per heavy atom. The first-order chi connectivity index (χ1) is 14.8. The Balaban J connectivity index is 1.60. The third-order valence-electron chi connectivity index (χ3n) is 4.49. The van der Waals surface area contributed by atoms with Crippen LogP contribution in [0.5, 0.6) is 0 Å². The zero-order chi connectivity index (χ0) is 22.4. The van der Waals surface area contributed by atoms with Crippen LogP contribution in [-0.4, -0.2) is 27.3 Å². The van der Waals surface area contributed by atoms with E-state index >= 15 is 0 Å². The number of hydrogen-bond acceptors (Lipinski definition) is 4. The van der Waals surface area contributed by atoms with Crippen LogP contribution in [0.1, 0.15) is 15.9 Å². The van der Waals surface area contributed by atoms with Gasteiger partial charge in [0.1, 0.15) is 0 Å². The molecule has 0 aromatic heterocycles. The minimum Gasteiger partial charge on any atom is -0.273 e. The second kappa shape index (κ2) is 9.63. The van der Waals surface area contributed by atoms with Gasteiger partial charge in [0.05, 0.1) is 17.0 Å². The summed E-state index contributed by atoms with van der Waals surface area (Å²) in [7, 11) is -2.32. The number of para-hydroxylation sites is 1. The van der Waals surface area contributed by atoms with Crippen LogP contribution in [0, 0.1) is 0 Å². The molecule has 0 heterocycles. The largest absolute Gasteiger partial charge is 0.273 e. The van der Waals surface area contributed by atoms with Gasteiger partial charge in [-0.3, -0.25) is 24.7 Å². The molecule has 2 amide bonds. The molecule has 3 aromatic rings. The lowest BCUT2D eigenvalue weighted by Gasteiger charge is -2.19. The Morgan fingerprint density at radius 3 is 2.10 bits per heavy atom. The summed E-state index contributed by atoms with van der Waals surface area (Å²) in [6, 6.07) is 20.9. The van der Waals surface area contributed by atoms with Crippen LogP contribution in [-0.2, 0) is 21.2 Å². The molecular formula is C22H20ClN3O4S. The van der Waals surface area contributed by atoms with Gasteiger partial charge < -0.3 is 0 Å². The second-order valence-corrected chi connectivity index (χ2v) is 9.04. The Labute approximate surface area is 185 Å². The van der Waals surface area contributed by atoms with Gasteiger partial charge >= 0.3 is 0 Å². The zero-order valence-electron chi connectivity index (χ0n) is 16.6. The first-order valence-corrected chi connectivity index (χ1v) is 11.1. The highest BCUT2D eigenvalue weighted by Crippen LogP contribution is 2.21. The van der Waals surface area contributed by atoms with Gasteiger partial charge in [0.25, 0.3) is 15.9 Å². The monoisotopic (exact) mass is 457 g/mol. The van der Waals surface area contributed by atoms with E-state index in [2.05, 4.69) is 10.9 Å². The van der Waals surface area contributed by atoms with Crippen molar-refractivity contribution in [3.63, 3.8) is 0 Å². The SMILES string of the molecule is CN(c1ccccc1)S(=O)(=O)c1ccc(C(=O)NNC(=O)Cc2ccc(Cl)cc2)cc1. The van der Waals surface area contributed by atoms with Crippen molar-refractivity contribution in [1.82, 2.24) is 10.9 Å². The van der Waals surface area contributed by atoms with Crippen molar-refractivity contribution in [2.75, 3.05) is 11.4 Å². The molecule has 2 N–H and O–H groups in total. The predicted octanol–water partition coefficient (Wildman–Crippen LogP) is 3.17. The van der Waals surface area contributed by atoms with E-state index in [0.29, 0.717) is 10.7 Å². The van der Waals surface area contributed by atoms with Gasteiger partial charge in [-0.05, 0) is 54.1 Å². The molecule has 3 aromatic carbocycles. The topological polar surface area (TPSA) is 95.6 Å². The quantitative estimate of drug-likeness (QED) is 0.556. The van der Waals surface area contributed by atoms with Gasteiger partial charge in [0, 0.05) is 17.6 Å². The van der Waals surface area contributed by atoms with Crippen LogP contribution in [0.2, 0.25) is 5.02 Å². The number of carbonyl (C=O) groups is 2. The molecule has 3 rings (SSSR count). The summed E-state index contributed by atoms with van der Waals surface area (Å²) in [5.41, 5.74) is 6.11. The molecule has 0 fully saturated rings. The van der Waals surface area contributed by atoms with Gasteiger partial charge in [0.2, 0.25) is 5.91 Å². The highest BCUT2D eigenvalue weighted by atomic mass is 35.5. The van der Waals surface area contributed by atoms with Crippen molar-refractivity contribution >= 4 is 39.1 Å². The lowest BCUT2D eigenvalue weighted by Crippen LogP contribution is -2.42. The molecule has 160 valence electrons. The van der Waals surface area contributed by atoms with Crippen molar-refractivity contribution < 1.29 is 18.0 Å².